The predicted molar refractivity (Wildman–Crippen MR) is 114 cm³/mol. The summed E-state index contributed by atoms with van der Waals surface area (Å²) in [7, 11) is 1.95. The van der Waals surface area contributed by atoms with Crippen LogP contribution in [0.4, 0.5) is 0 Å². The maximum Gasteiger partial charge on any atom is 0.274 e. The van der Waals surface area contributed by atoms with E-state index in [-0.39, 0.29) is 5.91 Å². The van der Waals surface area contributed by atoms with Crippen LogP contribution < -0.4 is 0 Å². The molecule has 30 heavy (non-hydrogen) atoms. The molecule has 7 heteroatoms. The van der Waals surface area contributed by atoms with Crippen molar-refractivity contribution in [3.8, 4) is 0 Å². The van der Waals surface area contributed by atoms with Crippen LogP contribution in [0.2, 0.25) is 0 Å². The number of pyridine rings is 1. The molecule has 1 atom stereocenters. The highest BCUT2D eigenvalue weighted by molar-refractivity contribution is 5.94. The zero-order valence-electron chi connectivity index (χ0n) is 17.5. The van der Waals surface area contributed by atoms with Crippen molar-refractivity contribution in [1.82, 2.24) is 19.2 Å². The van der Waals surface area contributed by atoms with Crippen molar-refractivity contribution in [2.24, 2.45) is 0 Å². The molecule has 0 spiro atoms. The molecular weight excluding hydrogens is 380 g/mol. The Kier molecular flexibility index (Phi) is 6.13. The zero-order valence-corrected chi connectivity index (χ0v) is 17.5. The summed E-state index contributed by atoms with van der Waals surface area (Å²) in [5, 5.41) is 10.6. The second-order valence-corrected chi connectivity index (χ2v) is 7.82. The van der Waals surface area contributed by atoms with Crippen LogP contribution in [-0.4, -0.2) is 70.1 Å². The van der Waals surface area contributed by atoms with Crippen LogP contribution in [0.1, 0.15) is 33.4 Å². The number of carbonyl (C=O) groups excluding carboxylic acids is 1. The fourth-order valence-electron chi connectivity index (χ4n) is 3.89. The van der Waals surface area contributed by atoms with Crippen molar-refractivity contribution in [3.05, 3.63) is 71.2 Å². The fraction of sp³-hybridized carbons (Fsp3) is 0.391. The van der Waals surface area contributed by atoms with Gasteiger partial charge in [0.05, 0.1) is 25.0 Å². The molecule has 2 aromatic heterocycles. The van der Waals surface area contributed by atoms with Crippen LogP contribution in [0, 0.1) is 6.92 Å². The topological polar surface area (TPSA) is 70.3 Å². The summed E-state index contributed by atoms with van der Waals surface area (Å²) in [5.41, 5.74) is 4.01. The van der Waals surface area contributed by atoms with Gasteiger partial charge in [0.15, 0.2) is 5.69 Å². The van der Waals surface area contributed by atoms with Crippen molar-refractivity contribution in [1.29, 1.82) is 0 Å². The SMILES string of the molecule is Cc1cccn2c(CN(C)CC(O)c3ccccc3)c(C(=O)N3CCOCC3)nc12. The molecule has 3 heterocycles. The van der Waals surface area contributed by atoms with Gasteiger partial charge in [0.1, 0.15) is 5.65 Å². The highest BCUT2D eigenvalue weighted by Gasteiger charge is 2.26. The number of aliphatic hydroxyl groups excluding tert-OH is 1. The molecule has 1 amide bonds. The molecule has 4 rings (SSSR count). The molecule has 158 valence electrons. The Labute approximate surface area is 176 Å². The van der Waals surface area contributed by atoms with Gasteiger partial charge in [-0.2, -0.15) is 0 Å². The molecule has 1 aliphatic rings. The van der Waals surface area contributed by atoms with Crippen molar-refractivity contribution >= 4 is 11.6 Å². The highest BCUT2D eigenvalue weighted by Crippen LogP contribution is 2.21. The van der Waals surface area contributed by atoms with Gasteiger partial charge in [-0.3, -0.25) is 9.69 Å². The van der Waals surface area contributed by atoms with Gasteiger partial charge in [0.25, 0.3) is 5.91 Å². The van der Waals surface area contributed by atoms with E-state index in [1.807, 2.05) is 76.8 Å². The third-order valence-electron chi connectivity index (χ3n) is 5.53. The number of benzene rings is 1. The van der Waals surface area contributed by atoms with Gasteiger partial charge in [-0.15, -0.1) is 0 Å². The molecule has 0 bridgehead atoms. The van der Waals surface area contributed by atoms with Crippen LogP contribution in [-0.2, 0) is 11.3 Å². The number of morpholine rings is 1. The normalized spacial score (nSPS) is 15.7. The molecule has 1 saturated heterocycles. The van der Waals surface area contributed by atoms with Gasteiger partial charge in [0.2, 0.25) is 0 Å². The van der Waals surface area contributed by atoms with E-state index in [0.717, 1.165) is 22.5 Å². The zero-order chi connectivity index (χ0) is 21.1. The Morgan fingerprint density at radius 1 is 1.20 bits per heavy atom. The lowest BCUT2D eigenvalue weighted by molar-refractivity contribution is 0.0298. The molecular formula is C23H28N4O3. The summed E-state index contributed by atoms with van der Waals surface area (Å²) in [5.74, 6) is -0.0617. The molecule has 0 radical (unpaired) electrons. The lowest BCUT2D eigenvalue weighted by atomic mass is 10.1. The largest absolute Gasteiger partial charge is 0.387 e. The van der Waals surface area contributed by atoms with E-state index in [0.29, 0.717) is 45.1 Å². The number of aromatic nitrogens is 2. The quantitative estimate of drug-likeness (QED) is 0.678. The highest BCUT2D eigenvalue weighted by atomic mass is 16.5. The first-order valence-corrected chi connectivity index (χ1v) is 10.3. The standard InChI is InChI=1S/C23H28N4O3/c1-17-7-6-10-27-19(15-25(2)16-20(28)18-8-4-3-5-9-18)21(24-22(17)27)23(29)26-11-13-30-14-12-26/h3-10,20,28H,11-16H2,1-2H3. The number of imidazole rings is 1. The average molecular weight is 409 g/mol. The summed E-state index contributed by atoms with van der Waals surface area (Å²) in [6.07, 6.45) is 1.35. The number of aliphatic hydroxyl groups is 1. The first kappa shape index (κ1) is 20.5. The van der Waals surface area contributed by atoms with Crippen molar-refractivity contribution < 1.29 is 14.6 Å². The number of aryl methyl sites for hydroxylation is 1. The molecule has 1 fully saturated rings. The monoisotopic (exact) mass is 408 g/mol. The van der Waals surface area contributed by atoms with Crippen molar-refractivity contribution in [3.63, 3.8) is 0 Å². The second-order valence-electron chi connectivity index (χ2n) is 7.82. The summed E-state index contributed by atoms with van der Waals surface area (Å²) in [6, 6.07) is 13.6. The summed E-state index contributed by atoms with van der Waals surface area (Å²) in [6.45, 7) is 5.21. The molecule has 1 aromatic carbocycles. The van der Waals surface area contributed by atoms with Crippen molar-refractivity contribution in [2.45, 2.75) is 19.6 Å². The van der Waals surface area contributed by atoms with E-state index >= 15 is 0 Å². The molecule has 3 aromatic rings. The minimum Gasteiger partial charge on any atom is -0.387 e. The average Bonchev–Trinajstić information content (AvgIpc) is 3.14. The lowest BCUT2D eigenvalue weighted by Gasteiger charge is -2.27. The van der Waals surface area contributed by atoms with E-state index in [9.17, 15) is 9.90 Å². The molecule has 0 aliphatic carbocycles. The maximum atomic E-state index is 13.3. The van der Waals surface area contributed by atoms with E-state index in [4.69, 9.17) is 9.72 Å². The summed E-state index contributed by atoms with van der Waals surface area (Å²) < 4.78 is 7.38. The van der Waals surface area contributed by atoms with Gasteiger partial charge in [-0.25, -0.2) is 4.98 Å². The second kappa shape index (κ2) is 8.95. The van der Waals surface area contributed by atoms with Crippen LogP contribution in [0.15, 0.2) is 48.7 Å². The van der Waals surface area contributed by atoms with Crippen LogP contribution in [0.25, 0.3) is 5.65 Å². The molecule has 1 N–H and O–H groups in total. The van der Waals surface area contributed by atoms with Crippen LogP contribution in [0.5, 0.6) is 0 Å². The van der Waals surface area contributed by atoms with Crippen molar-refractivity contribution in [2.75, 3.05) is 39.9 Å². The molecule has 7 nitrogen and oxygen atoms in total. The number of hydrogen-bond donors (Lipinski definition) is 1. The first-order valence-electron chi connectivity index (χ1n) is 10.3. The number of hydrogen-bond acceptors (Lipinski definition) is 5. The number of rotatable bonds is 6. The lowest BCUT2D eigenvalue weighted by Crippen LogP contribution is -2.41. The summed E-state index contributed by atoms with van der Waals surface area (Å²) in [4.78, 5) is 21.8. The van der Waals surface area contributed by atoms with E-state index < -0.39 is 6.10 Å². The van der Waals surface area contributed by atoms with Gasteiger partial charge in [0, 0.05) is 32.4 Å². The third kappa shape index (κ3) is 4.23. The van der Waals surface area contributed by atoms with Gasteiger partial charge < -0.3 is 19.1 Å². The molecule has 1 unspecified atom stereocenters. The van der Waals surface area contributed by atoms with E-state index in [2.05, 4.69) is 0 Å². The number of ether oxygens (including phenoxy) is 1. The number of fused-ring (bicyclic) bond motifs is 1. The Bertz CT molecular complexity index is 1010. The van der Waals surface area contributed by atoms with E-state index in [1.165, 1.54) is 0 Å². The predicted octanol–water partition coefficient (Wildman–Crippen LogP) is 2.28. The Balaban J connectivity index is 1.61. The van der Waals surface area contributed by atoms with Gasteiger partial charge in [-0.1, -0.05) is 36.4 Å². The third-order valence-corrected chi connectivity index (χ3v) is 5.53. The number of amides is 1. The first-order chi connectivity index (χ1) is 14.5. The Morgan fingerprint density at radius 2 is 1.93 bits per heavy atom. The fourth-order valence-corrected chi connectivity index (χ4v) is 3.89. The van der Waals surface area contributed by atoms with E-state index in [1.54, 1.807) is 0 Å². The smallest absolute Gasteiger partial charge is 0.274 e. The minimum atomic E-state index is -0.601. The number of carbonyl (C=O) groups is 1. The molecule has 1 aliphatic heterocycles. The minimum absolute atomic E-state index is 0.0617. The number of nitrogens with zero attached hydrogens (tertiary/aromatic N) is 4. The number of likely N-dealkylation sites (N-methyl/N-ethyl adjacent to an activating group) is 1. The summed E-state index contributed by atoms with van der Waals surface area (Å²) >= 11 is 0. The van der Waals surface area contributed by atoms with Gasteiger partial charge >= 0.3 is 0 Å². The Morgan fingerprint density at radius 3 is 2.67 bits per heavy atom. The van der Waals surface area contributed by atoms with Crippen LogP contribution in [0.3, 0.4) is 0 Å². The molecule has 0 saturated carbocycles. The van der Waals surface area contributed by atoms with Crippen LogP contribution >= 0.6 is 0 Å². The maximum absolute atomic E-state index is 13.3. The Hall–Kier alpha value is -2.74. The van der Waals surface area contributed by atoms with Gasteiger partial charge in [-0.05, 0) is 31.2 Å².